The van der Waals surface area contributed by atoms with E-state index in [2.05, 4.69) is 0 Å². The van der Waals surface area contributed by atoms with E-state index in [9.17, 15) is 9.90 Å². The van der Waals surface area contributed by atoms with Gasteiger partial charge in [-0.1, -0.05) is 12.1 Å². The zero-order valence-corrected chi connectivity index (χ0v) is 12.1. The van der Waals surface area contributed by atoms with Crippen LogP contribution in [0.2, 0.25) is 0 Å². The summed E-state index contributed by atoms with van der Waals surface area (Å²) in [6.07, 6.45) is 2.55. The van der Waals surface area contributed by atoms with E-state index in [1.54, 1.807) is 13.0 Å². The number of hydrogen-bond donors (Lipinski definition) is 1. The summed E-state index contributed by atoms with van der Waals surface area (Å²) in [4.78, 5) is 11.3. The zero-order valence-electron chi connectivity index (χ0n) is 12.1. The minimum atomic E-state index is -0.574. The third-order valence-electron chi connectivity index (χ3n) is 3.52. The Morgan fingerprint density at radius 1 is 1.50 bits per heavy atom. The summed E-state index contributed by atoms with van der Waals surface area (Å²) in [7, 11) is 0. The van der Waals surface area contributed by atoms with Crippen molar-refractivity contribution in [3.05, 3.63) is 41.0 Å². The topological polar surface area (TPSA) is 55.8 Å². The molecule has 1 aliphatic heterocycles. The summed E-state index contributed by atoms with van der Waals surface area (Å²) in [5.74, 6) is 0.333. The number of benzene rings is 1. The average Bonchev–Trinajstić information content (AvgIpc) is 2.41. The minimum Gasteiger partial charge on any atom is -0.486 e. The maximum Gasteiger partial charge on any atom is 0.330 e. The molecule has 2 rings (SSSR count). The first-order chi connectivity index (χ1) is 9.52. The Labute approximate surface area is 119 Å². The first-order valence-electron chi connectivity index (χ1n) is 6.82. The van der Waals surface area contributed by atoms with Crippen molar-refractivity contribution in [3.63, 3.8) is 0 Å². The maximum absolute atomic E-state index is 11.3. The zero-order chi connectivity index (χ0) is 14.7. The molecule has 0 spiro atoms. The van der Waals surface area contributed by atoms with Crippen molar-refractivity contribution in [3.8, 4) is 5.75 Å². The van der Waals surface area contributed by atoms with Crippen molar-refractivity contribution in [2.45, 2.75) is 39.4 Å². The van der Waals surface area contributed by atoms with Crippen LogP contribution in [0.4, 0.5) is 0 Å². The van der Waals surface area contributed by atoms with Crippen LogP contribution in [-0.4, -0.2) is 23.8 Å². The van der Waals surface area contributed by atoms with Gasteiger partial charge >= 0.3 is 5.97 Å². The fourth-order valence-electron chi connectivity index (χ4n) is 2.27. The molecule has 0 radical (unpaired) electrons. The Morgan fingerprint density at radius 2 is 2.25 bits per heavy atom. The van der Waals surface area contributed by atoms with Gasteiger partial charge in [0, 0.05) is 18.1 Å². The molecule has 4 heteroatoms. The average molecular weight is 276 g/mol. The van der Waals surface area contributed by atoms with E-state index in [0.29, 0.717) is 13.0 Å². The van der Waals surface area contributed by atoms with Gasteiger partial charge in [0.15, 0.2) is 0 Å². The summed E-state index contributed by atoms with van der Waals surface area (Å²) in [6, 6.07) is 3.88. The fourth-order valence-corrected chi connectivity index (χ4v) is 2.27. The molecule has 1 aliphatic rings. The number of rotatable bonds is 3. The maximum atomic E-state index is 11.3. The Balaban J connectivity index is 2.18. The van der Waals surface area contributed by atoms with Crippen molar-refractivity contribution in [1.29, 1.82) is 0 Å². The van der Waals surface area contributed by atoms with Crippen molar-refractivity contribution >= 4 is 5.97 Å². The van der Waals surface area contributed by atoms with Crippen LogP contribution in [0.15, 0.2) is 24.3 Å². The number of esters is 1. The molecule has 0 bridgehead atoms. The van der Waals surface area contributed by atoms with E-state index < -0.39 is 12.1 Å². The van der Waals surface area contributed by atoms with Crippen molar-refractivity contribution < 1.29 is 19.4 Å². The SMILES string of the molecule is CCOC(=O)/C=C/C1CC(O)c2ccc(C)c(C)c2O1. The molecule has 1 N–H and O–H groups in total. The molecule has 2 atom stereocenters. The summed E-state index contributed by atoms with van der Waals surface area (Å²) in [5.41, 5.74) is 2.95. The van der Waals surface area contributed by atoms with Gasteiger partial charge in [-0.15, -0.1) is 0 Å². The van der Waals surface area contributed by atoms with Gasteiger partial charge in [0.05, 0.1) is 12.7 Å². The van der Waals surface area contributed by atoms with Crippen LogP contribution in [0.3, 0.4) is 0 Å². The van der Waals surface area contributed by atoms with Crippen molar-refractivity contribution in [2.24, 2.45) is 0 Å². The molecule has 0 saturated carbocycles. The van der Waals surface area contributed by atoms with Crippen LogP contribution in [0.5, 0.6) is 5.75 Å². The normalized spacial score (nSPS) is 21.4. The first-order valence-corrected chi connectivity index (χ1v) is 6.82. The molecule has 0 fully saturated rings. The summed E-state index contributed by atoms with van der Waals surface area (Å²) < 4.78 is 10.7. The predicted molar refractivity (Wildman–Crippen MR) is 75.7 cm³/mol. The van der Waals surface area contributed by atoms with Crippen LogP contribution in [0.25, 0.3) is 0 Å². The number of carbonyl (C=O) groups excluding carboxylic acids is 1. The number of aliphatic hydroxyl groups is 1. The lowest BCUT2D eigenvalue weighted by Crippen LogP contribution is -2.25. The second kappa shape index (κ2) is 6.09. The van der Waals surface area contributed by atoms with E-state index in [-0.39, 0.29) is 6.10 Å². The van der Waals surface area contributed by atoms with Crippen LogP contribution in [0.1, 0.15) is 36.1 Å². The number of aryl methyl sites for hydroxylation is 1. The van der Waals surface area contributed by atoms with Crippen LogP contribution < -0.4 is 4.74 Å². The Hall–Kier alpha value is -1.81. The van der Waals surface area contributed by atoms with E-state index in [1.165, 1.54) is 6.08 Å². The van der Waals surface area contributed by atoms with Gasteiger partial charge in [0.25, 0.3) is 0 Å². The molecular weight excluding hydrogens is 256 g/mol. The second-order valence-electron chi connectivity index (χ2n) is 4.94. The Bertz CT molecular complexity index is 534. The lowest BCUT2D eigenvalue weighted by atomic mass is 9.94. The summed E-state index contributed by atoms with van der Waals surface area (Å²) in [5, 5.41) is 10.2. The van der Waals surface area contributed by atoms with Gasteiger partial charge in [0.2, 0.25) is 0 Å². The van der Waals surface area contributed by atoms with E-state index >= 15 is 0 Å². The molecule has 4 nitrogen and oxygen atoms in total. The molecule has 1 aromatic rings. The monoisotopic (exact) mass is 276 g/mol. The number of fused-ring (bicyclic) bond motifs is 1. The van der Waals surface area contributed by atoms with Gasteiger partial charge in [-0.25, -0.2) is 4.79 Å². The standard InChI is InChI=1S/C16H20O4/c1-4-19-15(18)8-6-12-9-14(17)13-7-5-10(2)11(3)16(13)20-12/h5-8,12,14,17H,4,9H2,1-3H3/b8-6+. The van der Waals surface area contributed by atoms with Gasteiger partial charge in [-0.3, -0.25) is 0 Å². The smallest absolute Gasteiger partial charge is 0.330 e. The van der Waals surface area contributed by atoms with Crippen molar-refractivity contribution in [2.75, 3.05) is 6.61 Å². The lowest BCUT2D eigenvalue weighted by molar-refractivity contribution is -0.137. The largest absolute Gasteiger partial charge is 0.486 e. The third-order valence-corrected chi connectivity index (χ3v) is 3.52. The summed E-state index contributed by atoms with van der Waals surface area (Å²) in [6.45, 7) is 6.08. The Morgan fingerprint density at radius 3 is 2.95 bits per heavy atom. The molecule has 0 amide bonds. The minimum absolute atomic E-state index is 0.317. The molecule has 0 saturated heterocycles. The molecule has 2 unspecified atom stereocenters. The van der Waals surface area contributed by atoms with Crippen molar-refractivity contribution in [1.82, 2.24) is 0 Å². The van der Waals surface area contributed by atoms with Gasteiger partial charge in [-0.05, 0) is 38.0 Å². The lowest BCUT2D eigenvalue weighted by Gasteiger charge is -2.29. The number of carbonyl (C=O) groups is 1. The number of ether oxygens (including phenoxy) is 2. The summed E-state index contributed by atoms with van der Waals surface area (Å²) >= 11 is 0. The van der Waals surface area contributed by atoms with Crippen LogP contribution in [0, 0.1) is 13.8 Å². The van der Waals surface area contributed by atoms with Crippen LogP contribution >= 0.6 is 0 Å². The van der Waals surface area contributed by atoms with Gasteiger partial charge in [-0.2, -0.15) is 0 Å². The highest BCUT2D eigenvalue weighted by atomic mass is 16.5. The molecular formula is C16H20O4. The van der Waals surface area contributed by atoms with E-state index in [1.807, 2.05) is 26.0 Å². The molecule has 108 valence electrons. The fraction of sp³-hybridized carbons (Fsp3) is 0.438. The predicted octanol–water partition coefficient (Wildman–Crippen LogP) is 2.61. The third kappa shape index (κ3) is 3.02. The van der Waals surface area contributed by atoms with Gasteiger partial charge in [0.1, 0.15) is 11.9 Å². The second-order valence-corrected chi connectivity index (χ2v) is 4.94. The molecule has 0 aromatic heterocycles. The van der Waals surface area contributed by atoms with Gasteiger partial charge < -0.3 is 14.6 Å². The number of aliphatic hydroxyl groups excluding tert-OH is 1. The van der Waals surface area contributed by atoms with E-state index in [4.69, 9.17) is 9.47 Å². The first kappa shape index (κ1) is 14.6. The molecule has 1 aromatic carbocycles. The van der Waals surface area contributed by atoms with Crippen LogP contribution in [-0.2, 0) is 9.53 Å². The number of hydrogen-bond acceptors (Lipinski definition) is 4. The highest BCUT2D eigenvalue weighted by Gasteiger charge is 2.27. The highest BCUT2D eigenvalue weighted by molar-refractivity contribution is 5.82. The molecule has 0 aliphatic carbocycles. The van der Waals surface area contributed by atoms with E-state index in [0.717, 1.165) is 22.4 Å². The molecule has 1 heterocycles. The highest BCUT2D eigenvalue weighted by Crippen LogP contribution is 2.38. The Kier molecular flexibility index (Phi) is 4.45. The molecule has 20 heavy (non-hydrogen) atoms. The quantitative estimate of drug-likeness (QED) is 0.681.